The predicted molar refractivity (Wildman–Crippen MR) is 114 cm³/mol. The minimum Gasteiger partial charge on any atom is -0.496 e. The number of methoxy groups -OCH3 is 1. The first-order chi connectivity index (χ1) is 14.0. The van der Waals surface area contributed by atoms with Gasteiger partial charge in [0.05, 0.1) is 12.7 Å². The molecule has 0 unspecified atom stereocenters. The van der Waals surface area contributed by atoms with Crippen molar-refractivity contribution in [1.82, 2.24) is 4.90 Å². The lowest BCUT2D eigenvalue weighted by molar-refractivity contribution is -0.137. The molecule has 0 atom stereocenters. The summed E-state index contributed by atoms with van der Waals surface area (Å²) in [6.45, 7) is 5.13. The predicted octanol–water partition coefficient (Wildman–Crippen LogP) is 3.88. The maximum Gasteiger partial charge on any atom is 0.278 e. The molecule has 29 heavy (non-hydrogen) atoms. The first kappa shape index (κ1) is 19.2. The highest BCUT2D eigenvalue weighted by molar-refractivity contribution is 6.37. The van der Waals surface area contributed by atoms with Crippen molar-refractivity contribution in [2.24, 2.45) is 5.92 Å². The van der Waals surface area contributed by atoms with Crippen LogP contribution in [0.5, 0.6) is 5.75 Å². The van der Waals surface area contributed by atoms with Gasteiger partial charge in [-0.2, -0.15) is 0 Å². The Morgan fingerprint density at radius 3 is 2.48 bits per heavy atom. The third-order valence-corrected chi connectivity index (χ3v) is 5.45. The minimum atomic E-state index is -0.244. The van der Waals surface area contributed by atoms with E-state index in [1.54, 1.807) is 7.11 Å². The van der Waals surface area contributed by atoms with Gasteiger partial charge in [0, 0.05) is 24.3 Å². The number of imide groups is 1. The Kier molecular flexibility index (Phi) is 5.14. The molecule has 0 N–H and O–H groups in total. The maximum atomic E-state index is 13.5. The molecule has 2 amide bonds. The molecule has 0 bridgehead atoms. The maximum absolute atomic E-state index is 13.5. The summed E-state index contributed by atoms with van der Waals surface area (Å²) in [5.41, 5.74) is 3.77. The number of hydrogen-bond donors (Lipinski definition) is 0. The van der Waals surface area contributed by atoms with E-state index >= 15 is 0 Å². The van der Waals surface area contributed by atoms with E-state index in [1.165, 1.54) is 10.5 Å². The molecule has 2 aromatic carbocycles. The lowest BCUT2D eigenvalue weighted by Gasteiger charge is -2.32. The number of aryl methyl sites for hydroxylation is 1. The summed E-state index contributed by atoms with van der Waals surface area (Å²) in [6, 6.07) is 15.5. The number of carbonyl (C=O) groups excluding carboxylic acids is 2. The van der Waals surface area contributed by atoms with Crippen LogP contribution in [-0.2, 0) is 16.0 Å². The van der Waals surface area contributed by atoms with Crippen LogP contribution in [0.3, 0.4) is 0 Å². The number of benzene rings is 2. The first-order valence-corrected chi connectivity index (χ1v) is 10.1. The number of hydrogen-bond acceptors (Lipinski definition) is 4. The summed E-state index contributed by atoms with van der Waals surface area (Å²) in [7, 11) is 1.59. The van der Waals surface area contributed by atoms with E-state index in [-0.39, 0.29) is 17.7 Å². The Morgan fingerprint density at radius 1 is 1.00 bits per heavy atom. The summed E-state index contributed by atoms with van der Waals surface area (Å²) < 4.78 is 5.53. The van der Waals surface area contributed by atoms with E-state index in [1.807, 2.05) is 61.2 Å². The van der Waals surface area contributed by atoms with Crippen molar-refractivity contribution in [3.63, 3.8) is 0 Å². The average Bonchev–Trinajstić information content (AvgIpc) is 2.97. The Bertz CT molecular complexity index is 993. The molecule has 2 heterocycles. The van der Waals surface area contributed by atoms with Gasteiger partial charge in [0.15, 0.2) is 0 Å². The number of carbonyl (C=O) groups is 2. The molecule has 150 valence electrons. The monoisotopic (exact) mass is 390 g/mol. The molecule has 0 spiro atoms. The first-order valence-electron chi connectivity index (χ1n) is 10.1. The number of anilines is 1. The molecule has 2 aromatic rings. The molecule has 2 aliphatic heterocycles. The van der Waals surface area contributed by atoms with Crippen LogP contribution in [0.2, 0.25) is 0 Å². The molecule has 0 fully saturated rings. The molecule has 4 rings (SSSR count). The molecule has 5 heteroatoms. The fraction of sp³-hybridized carbons (Fsp3) is 0.333. The zero-order valence-electron chi connectivity index (χ0n) is 17.1. The number of fused-ring (bicyclic) bond motifs is 1. The molecule has 2 aliphatic rings. The molecular formula is C24H26N2O3. The third kappa shape index (κ3) is 3.31. The van der Waals surface area contributed by atoms with Gasteiger partial charge >= 0.3 is 0 Å². The quantitative estimate of drug-likeness (QED) is 0.727. The van der Waals surface area contributed by atoms with Crippen molar-refractivity contribution >= 4 is 23.1 Å². The smallest absolute Gasteiger partial charge is 0.278 e. The summed E-state index contributed by atoms with van der Waals surface area (Å²) in [5.74, 6) is 0.320. The van der Waals surface area contributed by atoms with E-state index in [9.17, 15) is 9.59 Å². The number of nitrogens with zero attached hydrogens (tertiary/aromatic N) is 2. The Hall–Kier alpha value is -3.08. The summed E-state index contributed by atoms with van der Waals surface area (Å²) in [5, 5.41) is 0. The van der Waals surface area contributed by atoms with Crippen molar-refractivity contribution in [2.75, 3.05) is 25.1 Å². The van der Waals surface area contributed by atoms with E-state index in [2.05, 4.69) is 6.07 Å². The Balaban J connectivity index is 1.92. The van der Waals surface area contributed by atoms with Crippen LogP contribution in [0.1, 0.15) is 31.4 Å². The van der Waals surface area contributed by atoms with Crippen LogP contribution in [0.25, 0.3) is 5.57 Å². The topological polar surface area (TPSA) is 49.9 Å². The summed E-state index contributed by atoms with van der Waals surface area (Å²) >= 11 is 0. The zero-order chi connectivity index (χ0) is 20.5. The van der Waals surface area contributed by atoms with Gasteiger partial charge in [0.1, 0.15) is 11.4 Å². The second-order valence-corrected chi connectivity index (χ2v) is 7.92. The zero-order valence-corrected chi connectivity index (χ0v) is 17.1. The number of ether oxygens (including phenoxy) is 1. The van der Waals surface area contributed by atoms with Crippen LogP contribution in [0, 0.1) is 5.92 Å². The molecule has 0 aliphatic carbocycles. The van der Waals surface area contributed by atoms with Gasteiger partial charge in [-0.05, 0) is 36.5 Å². The third-order valence-electron chi connectivity index (χ3n) is 5.45. The van der Waals surface area contributed by atoms with Crippen molar-refractivity contribution in [1.29, 1.82) is 0 Å². The van der Waals surface area contributed by atoms with Crippen molar-refractivity contribution in [3.8, 4) is 5.75 Å². The molecule has 0 saturated carbocycles. The molecule has 0 saturated heterocycles. The SMILES string of the molecule is COc1ccccc1C1=C(N2CCCc3ccccc32)C(=O)N(CC(C)C)C1=O. The second kappa shape index (κ2) is 7.74. The Labute approximate surface area is 171 Å². The fourth-order valence-electron chi connectivity index (χ4n) is 4.20. The normalized spacial score (nSPS) is 16.7. The van der Waals surface area contributed by atoms with Crippen LogP contribution >= 0.6 is 0 Å². The van der Waals surface area contributed by atoms with Crippen LogP contribution in [0.15, 0.2) is 54.2 Å². The largest absolute Gasteiger partial charge is 0.496 e. The number of amides is 2. The van der Waals surface area contributed by atoms with Gasteiger partial charge in [0.25, 0.3) is 11.8 Å². The highest BCUT2D eigenvalue weighted by Gasteiger charge is 2.43. The van der Waals surface area contributed by atoms with Crippen molar-refractivity contribution in [2.45, 2.75) is 26.7 Å². The number of rotatable bonds is 5. The highest BCUT2D eigenvalue weighted by atomic mass is 16.5. The lowest BCUT2D eigenvalue weighted by atomic mass is 9.98. The van der Waals surface area contributed by atoms with Crippen LogP contribution in [-0.4, -0.2) is 36.9 Å². The van der Waals surface area contributed by atoms with E-state index < -0.39 is 0 Å². The minimum absolute atomic E-state index is 0.190. The summed E-state index contributed by atoms with van der Waals surface area (Å²) in [4.78, 5) is 30.4. The lowest BCUT2D eigenvalue weighted by Crippen LogP contribution is -2.38. The van der Waals surface area contributed by atoms with Gasteiger partial charge in [-0.25, -0.2) is 0 Å². The van der Waals surface area contributed by atoms with Gasteiger partial charge in [0.2, 0.25) is 0 Å². The average molecular weight is 390 g/mol. The Morgan fingerprint density at radius 2 is 1.72 bits per heavy atom. The van der Waals surface area contributed by atoms with Crippen molar-refractivity contribution in [3.05, 3.63) is 65.4 Å². The second-order valence-electron chi connectivity index (χ2n) is 7.92. The van der Waals surface area contributed by atoms with Gasteiger partial charge in [-0.1, -0.05) is 50.2 Å². The standard InChI is InChI=1S/C24H26N2O3/c1-16(2)15-26-23(27)21(18-11-5-7-13-20(18)29-3)22(24(26)28)25-14-8-10-17-9-4-6-12-19(17)25/h4-7,9,11-13,16H,8,10,14-15H2,1-3H3. The van der Waals surface area contributed by atoms with Crippen LogP contribution in [0.4, 0.5) is 5.69 Å². The molecule has 0 aromatic heterocycles. The summed E-state index contributed by atoms with van der Waals surface area (Å²) in [6.07, 6.45) is 1.91. The van der Waals surface area contributed by atoms with Gasteiger partial charge in [-0.3, -0.25) is 14.5 Å². The van der Waals surface area contributed by atoms with E-state index in [4.69, 9.17) is 4.74 Å². The van der Waals surface area contributed by atoms with E-state index in [0.717, 1.165) is 18.5 Å². The number of para-hydroxylation sites is 2. The van der Waals surface area contributed by atoms with Gasteiger partial charge < -0.3 is 9.64 Å². The highest BCUT2D eigenvalue weighted by Crippen LogP contribution is 2.40. The molecule has 5 nitrogen and oxygen atoms in total. The van der Waals surface area contributed by atoms with Crippen molar-refractivity contribution < 1.29 is 14.3 Å². The molecular weight excluding hydrogens is 364 g/mol. The van der Waals surface area contributed by atoms with Gasteiger partial charge in [-0.15, -0.1) is 0 Å². The molecule has 0 radical (unpaired) electrons. The van der Waals surface area contributed by atoms with E-state index in [0.29, 0.717) is 35.7 Å². The van der Waals surface area contributed by atoms with Crippen LogP contribution < -0.4 is 9.64 Å². The fourth-order valence-corrected chi connectivity index (χ4v) is 4.20.